The largest absolute Gasteiger partial charge is 0.462 e. The van der Waals surface area contributed by atoms with Gasteiger partial charge in [0.05, 0.1) is 0 Å². The summed E-state index contributed by atoms with van der Waals surface area (Å²) in [5, 5.41) is 0. The lowest BCUT2D eigenvalue weighted by molar-refractivity contribution is -0.183. The summed E-state index contributed by atoms with van der Waals surface area (Å²) >= 11 is 5.13. The van der Waals surface area contributed by atoms with E-state index < -0.39 is 39.1 Å². The lowest BCUT2D eigenvalue weighted by Crippen LogP contribution is -2.49. The van der Waals surface area contributed by atoms with Crippen molar-refractivity contribution in [2.45, 2.75) is 41.9 Å². The van der Waals surface area contributed by atoms with Crippen molar-refractivity contribution >= 4 is 62.9 Å². The molecule has 0 saturated heterocycles. The predicted octanol–water partition coefficient (Wildman–Crippen LogP) is 1.11. The number of carbonyl (C=O) groups is 4. The average molecular weight is 495 g/mol. The van der Waals surface area contributed by atoms with E-state index in [2.05, 4.69) is 15.9 Å². The predicted molar refractivity (Wildman–Crippen MR) is 85.4 cm³/mol. The fraction of sp³-hybridized carbons (Fsp3) is 0.667. The highest BCUT2D eigenvalue weighted by atomic mass is 127. The van der Waals surface area contributed by atoms with Crippen LogP contribution in [0.15, 0.2) is 0 Å². The first-order valence-corrected chi connectivity index (χ1v) is 8.20. The molecule has 0 bridgehead atoms. The molecule has 0 aliphatic heterocycles. The molecular formula is C12H16BrIO8. The van der Waals surface area contributed by atoms with Crippen LogP contribution in [-0.2, 0) is 38.1 Å². The van der Waals surface area contributed by atoms with Crippen LogP contribution in [0.4, 0.5) is 0 Å². The Morgan fingerprint density at radius 1 is 1.05 bits per heavy atom. The molecule has 0 aromatic rings. The van der Waals surface area contributed by atoms with Gasteiger partial charge in [-0.15, -0.1) is 0 Å². The highest BCUT2D eigenvalue weighted by Crippen LogP contribution is 2.25. The third-order valence-electron chi connectivity index (χ3n) is 2.22. The van der Waals surface area contributed by atoms with Crippen molar-refractivity contribution in [3.05, 3.63) is 0 Å². The van der Waals surface area contributed by atoms with Gasteiger partial charge in [-0.1, -0.05) is 38.5 Å². The molecule has 0 fully saturated rings. The fourth-order valence-corrected chi connectivity index (χ4v) is 2.45. The van der Waals surface area contributed by atoms with Crippen LogP contribution in [0.25, 0.3) is 0 Å². The summed E-state index contributed by atoms with van der Waals surface area (Å²) in [6, 6.07) is 0. The lowest BCUT2D eigenvalue weighted by atomic mass is 10.1. The number of carbonyl (C=O) groups excluding carboxylic acids is 4. The molecule has 0 aromatic heterocycles. The first-order valence-electron chi connectivity index (χ1n) is 6.04. The van der Waals surface area contributed by atoms with Crippen LogP contribution < -0.4 is 0 Å². The Kier molecular flexibility index (Phi) is 10.3. The van der Waals surface area contributed by atoms with Crippen LogP contribution in [0.5, 0.6) is 0 Å². The summed E-state index contributed by atoms with van der Waals surface area (Å²) in [7, 11) is 0. The van der Waals surface area contributed by atoms with Crippen molar-refractivity contribution in [2.75, 3.05) is 6.61 Å². The maximum absolute atomic E-state index is 11.3. The smallest absolute Gasteiger partial charge is 0.303 e. The highest BCUT2D eigenvalue weighted by Gasteiger charge is 2.40. The molecule has 10 heteroatoms. The lowest BCUT2D eigenvalue weighted by Gasteiger charge is -2.31. The molecule has 4 atom stereocenters. The van der Waals surface area contributed by atoms with E-state index in [9.17, 15) is 19.2 Å². The van der Waals surface area contributed by atoms with E-state index in [0.717, 1.165) is 6.92 Å². The third kappa shape index (κ3) is 8.51. The van der Waals surface area contributed by atoms with Gasteiger partial charge in [0, 0.05) is 20.8 Å². The summed E-state index contributed by atoms with van der Waals surface area (Å²) in [4.78, 5) is 44.0. The highest BCUT2D eigenvalue weighted by molar-refractivity contribution is 14.1. The second-order valence-electron chi connectivity index (χ2n) is 4.06. The summed E-state index contributed by atoms with van der Waals surface area (Å²) in [5.41, 5.74) is 0. The second-order valence-corrected chi connectivity index (χ2v) is 8.10. The fourth-order valence-electron chi connectivity index (χ4n) is 1.48. The van der Waals surface area contributed by atoms with Gasteiger partial charge in [0.25, 0.3) is 6.47 Å². The van der Waals surface area contributed by atoms with Gasteiger partial charge in [0.15, 0.2) is 18.3 Å². The first-order chi connectivity index (χ1) is 10.2. The second kappa shape index (κ2) is 10.8. The first kappa shape index (κ1) is 21.1. The Labute approximate surface area is 149 Å². The molecule has 0 amide bonds. The molecule has 0 aliphatic rings. The molecular weight excluding hydrogens is 479 g/mol. The SMILES string of the molecule is CC(=O)OC[C@@H](OC=O)[C@H](OC(C)=O)[C@H](OC(C)=O)C(Br)I. The molecule has 1 unspecified atom stereocenters. The monoisotopic (exact) mass is 494 g/mol. The van der Waals surface area contributed by atoms with Gasteiger partial charge in [-0.25, -0.2) is 0 Å². The Morgan fingerprint density at radius 3 is 1.91 bits per heavy atom. The Hall–Kier alpha value is -0.910. The summed E-state index contributed by atoms with van der Waals surface area (Å²) in [6.45, 7) is 3.30. The number of halogens is 2. The molecule has 8 nitrogen and oxygen atoms in total. The van der Waals surface area contributed by atoms with Crippen molar-refractivity contribution in [1.82, 2.24) is 0 Å². The van der Waals surface area contributed by atoms with Gasteiger partial charge in [-0.3, -0.25) is 19.2 Å². The Morgan fingerprint density at radius 2 is 1.55 bits per heavy atom. The summed E-state index contributed by atoms with van der Waals surface area (Å²) in [6.07, 6.45) is -3.22. The van der Waals surface area contributed by atoms with Crippen LogP contribution >= 0.6 is 38.5 Å². The molecule has 0 aliphatic carbocycles. The van der Waals surface area contributed by atoms with E-state index in [0.29, 0.717) is 0 Å². The molecule has 0 radical (unpaired) electrons. The van der Waals surface area contributed by atoms with Crippen molar-refractivity contribution in [3.63, 3.8) is 0 Å². The van der Waals surface area contributed by atoms with Crippen molar-refractivity contribution in [3.8, 4) is 0 Å². The molecule has 0 saturated carbocycles. The zero-order valence-electron chi connectivity index (χ0n) is 12.1. The summed E-state index contributed by atoms with van der Waals surface area (Å²) < 4.78 is 19.3. The van der Waals surface area contributed by atoms with Crippen LogP contribution in [0.3, 0.4) is 0 Å². The zero-order valence-corrected chi connectivity index (χ0v) is 15.9. The van der Waals surface area contributed by atoms with Gasteiger partial charge in [0.1, 0.15) is 9.44 Å². The third-order valence-corrected chi connectivity index (χ3v) is 3.45. The molecule has 22 heavy (non-hydrogen) atoms. The maximum atomic E-state index is 11.3. The molecule has 0 aromatic carbocycles. The zero-order chi connectivity index (χ0) is 17.3. The number of rotatable bonds is 9. The standard InChI is InChI=1S/C12H16BrIO8/c1-6(16)19-4-9(20-5-15)10(21-7(2)17)11(12(13)14)22-8(3)18/h5,9-12H,4H2,1-3H3/t9-,10+,11+,12?/m1/s1. The molecule has 0 spiro atoms. The van der Waals surface area contributed by atoms with Gasteiger partial charge < -0.3 is 18.9 Å². The Balaban J connectivity index is 5.37. The van der Waals surface area contributed by atoms with E-state index in [1.165, 1.54) is 13.8 Å². The minimum Gasteiger partial charge on any atom is -0.462 e. The van der Waals surface area contributed by atoms with E-state index in [1.807, 2.05) is 22.6 Å². The van der Waals surface area contributed by atoms with E-state index in [-0.39, 0.29) is 13.1 Å². The van der Waals surface area contributed by atoms with Crippen molar-refractivity contribution < 1.29 is 38.1 Å². The summed E-state index contributed by atoms with van der Waals surface area (Å²) in [5.74, 6) is -1.88. The molecule has 0 N–H and O–H groups in total. The van der Waals surface area contributed by atoms with E-state index >= 15 is 0 Å². The minimum atomic E-state index is -1.15. The molecule has 0 rings (SSSR count). The topological polar surface area (TPSA) is 105 Å². The van der Waals surface area contributed by atoms with Crippen LogP contribution in [-0.4, -0.2) is 52.1 Å². The minimum absolute atomic E-state index is 0.131. The quantitative estimate of drug-likeness (QED) is 0.154. The van der Waals surface area contributed by atoms with Crippen molar-refractivity contribution in [1.29, 1.82) is 0 Å². The molecule has 0 heterocycles. The van der Waals surface area contributed by atoms with Gasteiger partial charge in [0.2, 0.25) is 0 Å². The van der Waals surface area contributed by atoms with E-state index in [4.69, 9.17) is 18.9 Å². The van der Waals surface area contributed by atoms with Gasteiger partial charge in [-0.2, -0.15) is 0 Å². The van der Waals surface area contributed by atoms with Crippen LogP contribution in [0, 0.1) is 0 Å². The Bertz CT molecular complexity index is 414. The van der Waals surface area contributed by atoms with E-state index in [1.54, 1.807) is 0 Å². The van der Waals surface area contributed by atoms with Crippen molar-refractivity contribution in [2.24, 2.45) is 0 Å². The number of alkyl halides is 2. The average Bonchev–Trinajstić information content (AvgIpc) is 2.37. The molecule has 126 valence electrons. The van der Waals surface area contributed by atoms with Crippen LogP contribution in [0.1, 0.15) is 20.8 Å². The van der Waals surface area contributed by atoms with Gasteiger partial charge >= 0.3 is 17.9 Å². The van der Waals surface area contributed by atoms with Crippen LogP contribution in [0.2, 0.25) is 0 Å². The maximum Gasteiger partial charge on any atom is 0.303 e. The number of hydrogen-bond donors (Lipinski definition) is 0. The number of hydrogen-bond acceptors (Lipinski definition) is 8. The number of esters is 3. The van der Waals surface area contributed by atoms with Gasteiger partial charge in [-0.05, 0) is 0 Å². The number of ether oxygens (including phenoxy) is 4. The normalized spacial score (nSPS) is 15.7.